The lowest BCUT2D eigenvalue weighted by Gasteiger charge is -2.09. The summed E-state index contributed by atoms with van der Waals surface area (Å²) in [4.78, 5) is 22.5. The Bertz CT molecular complexity index is 481. The third-order valence-corrected chi connectivity index (χ3v) is 2.21. The van der Waals surface area contributed by atoms with Crippen LogP contribution in [-0.2, 0) is 19.1 Å². The van der Waals surface area contributed by atoms with Gasteiger partial charge in [0.25, 0.3) is 0 Å². The van der Waals surface area contributed by atoms with Gasteiger partial charge in [0, 0.05) is 0 Å². The number of rotatable bonds is 4. The van der Waals surface area contributed by atoms with Crippen LogP contribution < -0.4 is 4.74 Å². The van der Waals surface area contributed by atoms with Crippen LogP contribution in [0.15, 0.2) is 36.1 Å². The lowest BCUT2D eigenvalue weighted by atomic mass is 10.3. The minimum absolute atomic E-state index is 0.236. The normalized spacial score (nSPS) is 10.7. The lowest BCUT2D eigenvalue weighted by molar-refractivity contribution is -0.140. The van der Waals surface area contributed by atoms with Crippen molar-refractivity contribution in [3.05, 3.63) is 41.1 Å². The van der Waals surface area contributed by atoms with E-state index in [0.29, 0.717) is 5.02 Å². The molecule has 0 amide bonds. The van der Waals surface area contributed by atoms with E-state index in [1.54, 1.807) is 24.3 Å². The van der Waals surface area contributed by atoms with Crippen molar-refractivity contribution in [1.82, 2.24) is 0 Å². The van der Waals surface area contributed by atoms with Crippen LogP contribution in [0, 0.1) is 0 Å². The molecule has 1 aromatic rings. The van der Waals surface area contributed by atoms with Crippen LogP contribution in [0.5, 0.6) is 5.75 Å². The molecule has 0 bridgehead atoms. The van der Waals surface area contributed by atoms with Gasteiger partial charge in [0.05, 0.1) is 25.3 Å². The maximum atomic E-state index is 11.4. The molecule has 0 aromatic heterocycles. The van der Waals surface area contributed by atoms with Gasteiger partial charge in [0.1, 0.15) is 5.75 Å². The third kappa shape index (κ3) is 3.78. The van der Waals surface area contributed by atoms with Crippen molar-refractivity contribution in [2.24, 2.45) is 0 Å². The Hall–Kier alpha value is -2.01. The van der Waals surface area contributed by atoms with Crippen molar-refractivity contribution in [3.63, 3.8) is 0 Å². The molecule has 0 radical (unpaired) electrons. The molecule has 96 valence electrons. The molecule has 1 aromatic carbocycles. The van der Waals surface area contributed by atoms with Crippen LogP contribution in [0.25, 0.3) is 0 Å². The monoisotopic (exact) mass is 270 g/mol. The van der Waals surface area contributed by atoms with E-state index in [0.717, 1.165) is 6.08 Å². The number of para-hydroxylation sites is 1. The van der Waals surface area contributed by atoms with E-state index >= 15 is 0 Å². The number of hydrogen-bond donors (Lipinski definition) is 0. The third-order valence-electron chi connectivity index (χ3n) is 1.89. The fourth-order valence-electron chi connectivity index (χ4n) is 1.04. The summed E-state index contributed by atoms with van der Waals surface area (Å²) in [5.74, 6) is -1.61. The average molecular weight is 271 g/mol. The van der Waals surface area contributed by atoms with Gasteiger partial charge in [-0.2, -0.15) is 0 Å². The smallest absolute Gasteiger partial charge is 0.374 e. The van der Waals surface area contributed by atoms with Crippen LogP contribution in [0.1, 0.15) is 0 Å². The molecule has 6 heteroatoms. The summed E-state index contributed by atoms with van der Waals surface area (Å²) in [5.41, 5.74) is 0. The number of esters is 2. The van der Waals surface area contributed by atoms with Crippen molar-refractivity contribution in [1.29, 1.82) is 0 Å². The van der Waals surface area contributed by atoms with Gasteiger partial charge in [-0.1, -0.05) is 23.7 Å². The minimum Gasteiger partial charge on any atom is -0.466 e. The standard InChI is InChI=1S/C12H11ClO5/c1-16-11(14)7-10(12(15)17-2)18-9-6-4-3-5-8(9)13/h3-7H,1-2H3/b10-7+. The van der Waals surface area contributed by atoms with E-state index in [1.807, 2.05) is 0 Å². The number of methoxy groups -OCH3 is 2. The predicted molar refractivity (Wildman–Crippen MR) is 64.2 cm³/mol. The molecule has 0 saturated heterocycles. The summed E-state index contributed by atoms with van der Waals surface area (Å²) in [6, 6.07) is 6.52. The van der Waals surface area contributed by atoms with Gasteiger partial charge < -0.3 is 14.2 Å². The highest BCUT2D eigenvalue weighted by Gasteiger charge is 2.16. The molecular formula is C12H11ClO5. The van der Waals surface area contributed by atoms with Crippen molar-refractivity contribution in [2.45, 2.75) is 0 Å². The zero-order chi connectivity index (χ0) is 13.5. The molecule has 0 unspecified atom stereocenters. The number of benzene rings is 1. The Balaban J connectivity index is 3.00. The summed E-state index contributed by atoms with van der Waals surface area (Å²) >= 11 is 5.87. The van der Waals surface area contributed by atoms with E-state index in [9.17, 15) is 9.59 Å². The van der Waals surface area contributed by atoms with Gasteiger partial charge in [0.15, 0.2) is 0 Å². The highest BCUT2D eigenvalue weighted by molar-refractivity contribution is 6.32. The molecule has 1 rings (SSSR count). The van der Waals surface area contributed by atoms with Crippen molar-refractivity contribution in [2.75, 3.05) is 14.2 Å². The molecule has 0 aliphatic rings. The molecule has 0 aliphatic carbocycles. The molecule has 0 heterocycles. The highest BCUT2D eigenvalue weighted by Crippen LogP contribution is 2.25. The predicted octanol–water partition coefficient (Wildman–Crippen LogP) is 1.95. The van der Waals surface area contributed by atoms with Crippen LogP contribution in [0.4, 0.5) is 0 Å². The number of carbonyl (C=O) groups excluding carboxylic acids is 2. The largest absolute Gasteiger partial charge is 0.466 e. The van der Waals surface area contributed by atoms with Crippen LogP contribution in [-0.4, -0.2) is 26.2 Å². The first-order valence-electron chi connectivity index (χ1n) is 4.88. The quantitative estimate of drug-likeness (QED) is 0.475. The molecule has 0 saturated carbocycles. The number of hydrogen-bond acceptors (Lipinski definition) is 5. The molecule has 0 fully saturated rings. The maximum Gasteiger partial charge on any atom is 0.374 e. The number of halogens is 1. The zero-order valence-corrected chi connectivity index (χ0v) is 10.6. The molecule has 0 atom stereocenters. The van der Waals surface area contributed by atoms with E-state index in [1.165, 1.54) is 14.2 Å². The summed E-state index contributed by atoms with van der Waals surface area (Å²) < 4.78 is 14.1. The Morgan fingerprint density at radius 2 is 1.83 bits per heavy atom. The first-order valence-corrected chi connectivity index (χ1v) is 5.26. The summed E-state index contributed by atoms with van der Waals surface area (Å²) in [5, 5.41) is 0.303. The number of ether oxygens (including phenoxy) is 3. The van der Waals surface area contributed by atoms with Crippen molar-refractivity contribution in [3.8, 4) is 5.75 Å². The number of carbonyl (C=O) groups is 2. The van der Waals surface area contributed by atoms with Crippen molar-refractivity contribution < 1.29 is 23.8 Å². The zero-order valence-electron chi connectivity index (χ0n) is 9.81. The second-order valence-corrected chi connectivity index (χ2v) is 3.46. The Morgan fingerprint density at radius 1 is 1.17 bits per heavy atom. The first-order chi connectivity index (χ1) is 8.58. The summed E-state index contributed by atoms with van der Waals surface area (Å²) in [6.45, 7) is 0. The highest BCUT2D eigenvalue weighted by atomic mass is 35.5. The summed E-state index contributed by atoms with van der Waals surface area (Å²) in [6.07, 6.45) is 0.884. The fourth-order valence-corrected chi connectivity index (χ4v) is 1.22. The van der Waals surface area contributed by atoms with E-state index in [-0.39, 0.29) is 11.5 Å². The average Bonchev–Trinajstić information content (AvgIpc) is 2.39. The SMILES string of the molecule is COC(=O)/C=C(/Oc1ccccc1Cl)C(=O)OC. The van der Waals surface area contributed by atoms with Gasteiger partial charge in [0.2, 0.25) is 5.76 Å². The van der Waals surface area contributed by atoms with E-state index < -0.39 is 11.9 Å². The lowest BCUT2D eigenvalue weighted by Crippen LogP contribution is -2.13. The second-order valence-electron chi connectivity index (χ2n) is 3.06. The van der Waals surface area contributed by atoms with Gasteiger partial charge >= 0.3 is 11.9 Å². The van der Waals surface area contributed by atoms with Crippen molar-refractivity contribution >= 4 is 23.5 Å². The Morgan fingerprint density at radius 3 is 2.39 bits per heavy atom. The molecule has 5 nitrogen and oxygen atoms in total. The van der Waals surface area contributed by atoms with E-state index in [4.69, 9.17) is 16.3 Å². The first kappa shape index (κ1) is 14.1. The van der Waals surface area contributed by atoms with E-state index in [2.05, 4.69) is 9.47 Å². The van der Waals surface area contributed by atoms with Gasteiger partial charge in [-0.05, 0) is 12.1 Å². The molecule has 0 spiro atoms. The molecular weight excluding hydrogens is 260 g/mol. The van der Waals surface area contributed by atoms with Gasteiger partial charge in [-0.3, -0.25) is 0 Å². The van der Waals surface area contributed by atoms with Crippen LogP contribution in [0.3, 0.4) is 0 Å². The molecule has 18 heavy (non-hydrogen) atoms. The minimum atomic E-state index is -0.805. The Labute approximate surface area is 109 Å². The van der Waals surface area contributed by atoms with Crippen LogP contribution >= 0.6 is 11.6 Å². The topological polar surface area (TPSA) is 61.8 Å². The Kier molecular flexibility index (Phi) is 5.20. The molecule has 0 aliphatic heterocycles. The fraction of sp³-hybridized carbons (Fsp3) is 0.167. The van der Waals surface area contributed by atoms with Gasteiger partial charge in [-0.25, -0.2) is 9.59 Å². The summed E-state index contributed by atoms with van der Waals surface area (Å²) in [7, 11) is 2.35. The van der Waals surface area contributed by atoms with Crippen LogP contribution in [0.2, 0.25) is 5.02 Å². The molecule has 0 N–H and O–H groups in total. The van der Waals surface area contributed by atoms with Gasteiger partial charge in [-0.15, -0.1) is 0 Å². The second kappa shape index (κ2) is 6.66. The maximum absolute atomic E-state index is 11.4.